The van der Waals surface area contributed by atoms with Crippen molar-refractivity contribution in [3.63, 3.8) is 0 Å². The van der Waals surface area contributed by atoms with Crippen LogP contribution in [0.4, 0.5) is 0 Å². The van der Waals surface area contributed by atoms with E-state index in [2.05, 4.69) is 4.72 Å². The highest BCUT2D eigenvalue weighted by molar-refractivity contribution is 7.89. The Kier molecular flexibility index (Phi) is 7.06. The number of hydrogen-bond acceptors (Lipinski definition) is 6. The molecule has 1 aromatic rings. The molecule has 0 fully saturated rings. The zero-order valence-corrected chi connectivity index (χ0v) is 17.9. The maximum Gasteiger partial charge on any atom is 0.360 e. The molecule has 27 heavy (non-hydrogen) atoms. The molecule has 10 heteroatoms. The Morgan fingerprint density at radius 3 is 2.22 bits per heavy atom. The van der Waals surface area contributed by atoms with Crippen LogP contribution in [0.25, 0.3) is 0 Å². The summed E-state index contributed by atoms with van der Waals surface area (Å²) in [5.74, 6) is -0.490. The summed E-state index contributed by atoms with van der Waals surface area (Å²) in [6.45, 7) is 3.80. The Bertz CT molecular complexity index is 888. The minimum atomic E-state index is -4.15. The average molecular weight is 436 g/mol. The number of rotatable bonds is 9. The molecule has 0 aromatic heterocycles. The van der Waals surface area contributed by atoms with Gasteiger partial charge in [0.1, 0.15) is 0 Å². The molecule has 0 saturated carbocycles. The summed E-state index contributed by atoms with van der Waals surface area (Å²) in [6.07, 6.45) is 3.13. The molecule has 1 aliphatic rings. The fourth-order valence-corrected chi connectivity index (χ4v) is 6.91. The predicted octanol–water partition coefficient (Wildman–Crippen LogP) is 3.75. The fourth-order valence-electron chi connectivity index (χ4n) is 2.78. The number of hydrogen-bond donors (Lipinski definition) is 1. The molecular formula is C17H23ClNO6PS. The van der Waals surface area contributed by atoms with Gasteiger partial charge < -0.3 is 9.05 Å². The highest BCUT2D eigenvalue weighted by atomic mass is 35.5. The highest BCUT2D eigenvalue weighted by Crippen LogP contribution is 2.66. The number of sulfonamides is 1. The summed E-state index contributed by atoms with van der Waals surface area (Å²) < 4.78 is 51.9. The molecule has 1 aromatic carbocycles. The van der Waals surface area contributed by atoms with Crippen LogP contribution in [0, 0.1) is 0 Å². The Balaban J connectivity index is 2.82. The van der Waals surface area contributed by atoms with Crippen molar-refractivity contribution in [1.29, 1.82) is 0 Å². The number of Topliss-reactive ketones (excluding diaryl/α,β-unsaturated/α-hetero) is 1. The molecule has 0 aliphatic heterocycles. The molecule has 2 rings (SSSR count). The summed E-state index contributed by atoms with van der Waals surface area (Å²) in [4.78, 5) is 12.5. The third-order valence-corrected chi connectivity index (χ3v) is 7.35. The lowest BCUT2D eigenvalue weighted by Gasteiger charge is -2.40. The Labute approximate surface area is 164 Å². The van der Waals surface area contributed by atoms with Gasteiger partial charge in [-0.3, -0.25) is 9.36 Å². The zero-order valence-electron chi connectivity index (χ0n) is 15.4. The van der Waals surface area contributed by atoms with E-state index in [0.717, 1.165) is 12.3 Å². The van der Waals surface area contributed by atoms with Crippen molar-refractivity contribution in [2.75, 3.05) is 19.5 Å². The van der Waals surface area contributed by atoms with E-state index in [1.807, 2.05) is 13.8 Å². The van der Waals surface area contributed by atoms with Gasteiger partial charge in [0.25, 0.3) is 0 Å². The van der Waals surface area contributed by atoms with Gasteiger partial charge in [-0.2, -0.15) is 4.72 Å². The van der Waals surface area contributed by atoms with Crippen LogP contribution in [0.1, 0.15) is 42.6 Å². The van der Waals surface area contributed by atoms with Crippen molar-refractivity contribution < 1.29 is 26.8 Å². The minimum Gasteiger partial charge on any atom is -0.307 e. The molecule has 0 spiro atoms. The van der Waals surface area contributed by atoms with Crippen LogP contribution in [0.3, 0.4) is 0 Å². The smallest absolute Gasteiger partial charge is 0.307 e. The Morgan fingerprint density at radius 2 is 1.70 bits per heavy atom. The van der Waals surface area contributed by atoms with Gasteiger partial charge in [0.05, 0.1) is 24.5 Å². The lowest BCUT2D eigenvalue weighted by atomic mass is 9.92. The normalized spacial score (nSPS) is 20.3. The second-order valence-electron chi connectivity index (χ2n) is 6.17. The van der Waals surface area contributed by atoms with Crippen LogP contribution in [0.5, 0.6) is 0 Å². The van der Waals surface area contributed by atoms with Gasteiger partial charge in [0.2, 0.25) is 15.8 Å². The quantitative estimate of drug-likeness (QED) is 0.593. The van der Waals surface area contributed by atoms with E-state index >= 15 is 0 Å². The molecule has 1 N–H and O–H groups in total. The molecule has 1 unspecified atom stereocenters. The van der Waals surface area contributed by atoms with Gasteiger partial charge in [-0.25, -0.2) is 8.42 Å². The van der Waals surface area contributed by atoms with E-state index < -0.39 is 28.7 Å². The highest BCUT2D eigenvalue weighted by Gasteiger charge is 2.56. The zero-order chi connectivity index (χ0) is 20.3. The lowest BCUT2D eigenvalue weighted by molar-refractivity contribution is 0.103. The third-order valence-electron chi connectivity index (χ3n) is 3.84. The van der Waals surface area contributed by atoms with Gasteiger partial charge in [-0.15, -0.1) is 0 Å². The standard InChI is InChI=1S/C17H23ClNO6PS/c1-4-10-24-26(21,25-11-5-2)17(19-27(3,22)23)12-15(18)16(20)13-8-6-7-9-14(13)17/h6-9,12,19H,4-5,10-11H2,1-3H3. The van der Waals surface area contributed by atoms with E-state index in [0.29, 0.717) is 12.8 Å². The molecule has 1 atom stereocenters. The molecule has 7 nitrogen and oxygen atoms in total. The predicted molar refractivity (Wildman–Crippen MR) is 104 cm³/mol. The Morgan fingerprint density at radius 1 is 1.15 bits per heavy atom. The van der Waals surface area contributed by atoms with Crippen LogP contribution < -0.4 is 4.72 Å². The fraction of sp³-hybridized carbons (Fsp3) is 0.471. The molecule has 0 radical (unpaired) electrons. The third kappa shape index (κ3) is 4.53. The molecule has 0 heterocycles. The summed E-state index contributed by atoms with van der Waals surface area (Å²) in [7, 11) is -8.05. The molecule has 150 valence electrons. The largest absolute Gasteiger partial charge is 0.360 e. The van der Waals surface area contributed by atoms with Crippen molar-refractivity contribution in [2.45, 2.75) is 32.0 Å². The maximum atomic E-state index is 13.9. The van der Waals surface area contributed by atoms with Gasteiger partial charge in [0, 0.05) is 11.1 Å². The number of halogens is 1. The van der Waals surface area contributed by atoms with Gasteiger partial charge >= 0.3 is 7.60 Å². The number of carbonyl (C=O) groups excluding carboxylic acids is 1. The van der Waals surface area contributed by atoms with Crippen molar-refractivity contribution in [3.05, 3.63) is 46.5 Å². The number of allylic oxidation sites excluding steroid dienone is 1. The van der Waals surface area contributed by atoms with Crippen LogP contribution in [0.2, 0.25) is 0 Å². The maximum absolute atomic E-state index is 13.9. The summed E-state index contributed by atoms with van der Waals surface area (Å²) in [5.41, 5.74) is 0.321. The van der Waals surface area contributed by atoms with Crippen LogP contribution in [0.15, 0.2) is 35.4 Å². The topological polar surface area (TPSA) is 98.8 Å². The summed E-state index contributed by atoms with van der Waals surface area (Å²) in [5, 5.41) is -2.20. The summed E-state index contributed by atoms with van der Waals surface area (Å²) >= 11 is 6.13. The van der Waals surface area contributed by atoms with E-state index in [-0.39, 0.29) is 29.4 Å². The second-order valence-corrected chi connectivity index (χ2v) is 10.5. The molecule has 0 bridgehead atoms. The number of carbonyl (C=O) groups is 1. The molecule has 1 aliphatic carbocycles. The second kappa shape index (κ2) is 8.55. The van der Waals surface area contributed by atoms with Crippen molar-refractivity contribution >= 4 is 35.0 Å². The monoisotopic (exact) mass is 435 g/mol. The number of benzene rings is 1. The number of nitrogens with one attached hydrogen (secondary N) is 1. The first-order valence-electron chi connectivity index (χ1n) is 8.51. The molecule has 0 saturated heterocycles. The van der Waals surface area contributed by atoms with Gasteiger partial charge in [-0.05, 0) is 18.9 Å². The van der Waals surface area contributed by atoms with Crippen LogP contribution >= 0.6 is 19.2 Å². The van der Waals surface area contributed by atoms with E-state index in [9.17, 15) is 17.8 Å². The first-order valence-corrected chi connectivity index (χ1v) is 12.3. The van der Waals surface area contributed by atoms with E-state index in [4.69, 9.17) is 20.6 Å². The average Bonchev–Trinajstić information content (AvgIpc) is 2.61. The van der Waals surface area contributed by atoms with Crippen molar-refractivity contribution in [3.8, 4) is 0 Å². The van der Waals surface area contributed by atoms with Crippen molar-refractivity contribution in [2.24, 2.45) is 0 Å². The lowest BCUT2D eigenvalue weighted by Crippen LogP contribution is -2.47. The minimum absolute atomic E-state index is 0.0791. The van der Waals surface area contributed by atoms with Crippen molar-refractivity contribution in [1.82, 2.24) is 4.72 Å². The number of ketones is 1. The first kappa shape index (κ1) is 22.3. The molecule has 0 amide bonds. The molecular weight excluding hydrogens is 413 g/mol. The van der Waals surface area contributed by atoms with Gasteiger partial charge in [-0.1, -0.05) is 49.7 Å². The van der Waals surface area contributed by atoms with Crippen LogP contribution in [-0.4, -0.2) is 33.7 Å². The van der Waals surface area contributed by atoms with Gasteiger partial charge in [0.15, 0.2) is 5.28 Å². The SMILES string of the molecule is CCCOP(=O)(OCCC)C1(NS(C)(=O)=O)C=C(Cl)C(=O)c2ccccc21. The van der Waals surface area contributed by atoms with E-state index in [1.165, 1.54) is 12.1 Å². The van der Waals surface area contributed by atoms with E-state index in [1.54, 1.807) is 12.1 Å². The summed E-state index contributed by atoms with van der Waals surface area (Å²) in [6, 6.07) is 6.24. The number of fused-ring (bicyclic) bond motifs is 1. The van der Waals surface area contributed by atoms with Crippen LogP contribution in [-0.2, 0) is 28.9 Å². The Hall–Kier alpha value is -1.02. The first-order chi connectivity index (χ1) is 12.6.